The largest absolute Gasteiger partial charge is 0.355 e. The van der Waals surface area contributed by atoms with Gasteiger partial charge in [-0.25, -0.2) is 13.9 Å². The predicted octanol–water partition coefficient (Wildman–Crippen LogP) is 3.77. The minimum atomic E-state index is -0.234. The summed E-state index contributed by atoms with van der Waals surface area (Å²) in [6.07, 6.45) is 6.05. The maximum absolute atomic E-state index is 13.1. The molecule has 3 heterocycles. The van der Waals surface area contributed by atoms with Crippen LogP contribution in [0.2, 0.25) is 0 Å². The van der Waals surface area contributed by atoms with E-state index in [1.54, 1.807) is 18.3 Å². The minimum absolute atomic E-state index is 0.234. The number of hydrogen-bond acceptors (Lipinski definition) is 3. The SMILES string of the molecule is CC1CCN(c2nccn3nc(-c4ccc(F)cc4)cc23)CC1. The average Bonchev–Trinajstić information content (AvgIpc) is 3.00. The molecule has 1 saturated heterocycles. The number of halogens is 1. The van der Waals surface area contributed by atoms with Gasteiger partial charge in [0.1, 0.15) is 11.3 Å². The van der Waals surface area contributed by atoms with Gasteiger partial charge < -0.3 is 4.90 Å². The van der Waals surface area contributed by atoms with Gasteiger partial charge in [0, 0.05) is 31.0 Å². The van der Waals surface area contributed by atoms with Crippen LogP contribution >= 0.6 is 0 Å². The number of aromatic nitrogens is 3. The second-order valence-electron chi connectivity index (χ2n) is 6.29. The summed E-state index contributed by atoms with van der Waals surface area (Å²) in [4.78, 5) is 6.92. The molecule has 5 heteroatoms. The normalized spacial score (nSPS) is 16.2. The van der Waals surface area contributed by atoms with Crippen LogP contribution in [-0.2, 0) is 0 Å². The van der Waals surface area contributed by atoms with Crippen LogP contribution in [0.25, 0.3) is 16.8 Å². The molecule has 0 atom stereocenters. The van der Waals surface area contributed by atoms with Crippen molar-refractivity contribution in [3.63, 3.8) is 0 Å². The number of benzene rings is 1. The first kappa shape index (κ1) is 14.2. The third-order valence-electron chi connectivity index (χ3n) is 4.59. The summed E-state index contributed by atoms with van der Waals surface area (Å²) in [6, 6.07) is 8.47. The Morgan fingerprint density at radius 1 is 1.13 bits per heavy atom. The molecule has 1 fully saturated rings. The highest BCUT2D eigenvalue weighted by Crippen LogP contribution is 2.28. The molecule has 0 aliphatic carbocycles. The zero-order valence-electron chi connectivity index (χ0n) is 13.1. The van der Waals surface area contributed by atoms with Crippen molar-refractivity contribution in [1.29, 1.82) is 0 Å². The standard InChI is InChI=1S/C18H19FN4/c1-13-6-9-22(10-7-13)18-17-12-16(21-23(17)11-8-20-18)14-2-4-15(19)5-3-14/h2-5,8,11-13H,6-7,9-10H2,1H3. The van der Waals surface area contributed by atoms with E-state index in [0.29, 0.717) is 0 Å². The lowest BCUT2D eigenvalue weighted by Gasteiger charge is -2.31. The molecule has 4 rings (SSSR count). The van der Waals surface area contributed by atoms with Crippen molar-refractivity contribution in [2.75, 3.05) is 18.0 Å². The first-order valence-electron chi connectivity index (χ1n) is 8.06. The predicted molar refractivity (Wildman–Crippen MR) is 89.0 cm³/mol. The molecular weight excluding hydrogens is 291 g/mol. The van der Waals surface area contributed by atoms with Gasteiger partial charge in [0.25, 0.3) is 0 Å². The second-order valence-corrected chi connectivity index (χ2v) is 6.29. The molecule has 1 aromatic carbocycles. The van der Waals surface area contributed by atoms with Crippen molar-refractivity contribution >= 4 is 11.3 Å². The van der Waals surface area contributed by atoms with Gasteiger partial charge in [-0.05, 0) is 49.1 Å². The Labute approximate surface area is 134 Å². The Balaban J connectivity index is 1.74. The van der Waals surface area contributed by atoms with Crippen molar-refractivity contribution in [3.8, 4) is 11.3 Å². The number of piperidine rings is 1. The zero-order chi connectivity index (χ0) is 15.8. The topological polar surface area (TPSA) is 33.4 Å². The molecule has 23 heavy (non-hydrogen) atoms. The molecule has 3 aromatic rings. The van der Waals surface area contributed by atoms with Gasteiger partial charge in [-0.3, -0.25) is 0 Å². The Morgan fingerprint density at radius 3 is 2.61 bits per heavy atom. The summed E-state index contributed by atoms with van der Waals surface area (Å²) < 4.78 is 15.0. The van der Waals surface area contributed by atoms with E-state index in [4.69, 9.17) is 0 Å². The quantitative estimate of drug-likeness (QED) is 0.722. The van der Waals surface area contributed by atoms with Crippen LogP contribution in [0, 0.1) is 11.7 Å². The molecular formula is C18H19FN4. The van der Waals surface area contributed by atoms with Crippen LogP contribution in [-0.4, -0.2) is 27.7 Å². The van der Waals surface area contributed by atoms with E-state index in [2.05, 4.69) is 21.9 Å². The molecule has 0 saturated carbocycles. The summed E-state index contributed by atoms with van der Waals surface area (Å²) in [5.41, 5.74) is 2.75. The maximum atomic E-state index is 13.1. The lowest BCUT2D eigenvalue weighted by molar-refractivity contribution is 0.437. The van der Waals surface area contributed by atoms with Crippen molar-refractivity contribution in [2.45, 2.75) is 19.8 Å². The van der Waals surface area contributed by atoms with Crippen molar-refractivity contribution in [2.24, 2.45) is 5.92 Å². The third kappa shape index (κ3) is 2.67. The first-order valence-corrected chi connectivity index (χ1v) is 8.06. The first-order chi connectivity index (χ1) is 11.2. The van der Waals surface area contributed by atoms with E-state index in [-0.39, 0.29) is 5.82 Å². The number of hydrogen-bond donors (Lipinski definition) is 0. The van der Waals surface area contributed by atoms with Crippen LogP contribution in [0.5, 0.6) is 0 Å². The smallest absolute Gasteiger partial charge is 0.154 e. The summed E-state index contributed by atoms with van der Waals surface area (Å²) in [7, 11) is 0. The fourth-order valence-electron chi connectivity index (χ4n) is 3.13. The maximum Gasteiger partial charge on any atom is 0.154 e. The number of rotatable bonds is 2. The molecule has 0 bridgehead atoms. The van der Waals surface area contributed by atoms with Gasteiger partial charge in [-0.2, -0.15) is 5.10 Å². The lowest BCUT2D eigenvalue weighted by atomic mass is 9.99. The molecule has 0 unspecified atom stereocenters. The fourth-order valence-corrected chi connectivity index (χ4v) is 3.13. The molecule has 0 radical (unpaired) electrons. The summed E-state index contributed by atoms with van der Waals surface area (Å²) in [5.74, 6) is 1.54. The summed E-state index contributed by atoms with van der Waals surface area (Å²) in [5, 5.41) is 4.61. The minimum Gasteiger partial charge on any atom is -0.355 e. The third-order valence-corrected chi connectivity index (χ3v) is 4.59. The highest BCUT2D eigenvalue weighted by Gasteiger charge is 2.20. The molecule has 0 N–H and O–H groups in total. The van der Waals surface area contributed by atoms with E-state index in [1.165, 1.54) is 25.0 Å². The Kier molecular flexibility index (Phi) is 3.48. The molecule has 2 aromatic heterocycles. The Bertz CT molecular complexity index is 817. The highest BCUT2D eigenvalue weighted by molar-refractivity contribution is 5.75. The van der Waals surface area contributed by atoms with Gasteiger partial charge in [0.2, 0.25) is 0 Å². The van der Waals surface area contributed by atoms with Gasteiger partial charge in [0.15, 0.2) is 5.82 Å². The molecule has 0 amide bonds. The van der Waals surface area contributed by atoms with Gasteiger partial charge >= 0.3 is 0 Å². The second kappa shape index (κ2) is 5.65. The lowest BCUT2D eigenvalue weighted by Crippen LogP contribution is -2.33. The molecule has 4 nitrogen and oxygen atoms in total. The Morgan fingerprint density at radius 2 is 1.87 bits per heavy atom. The van der Waals surface area contributed by atoms with Gasteiger partial charge in [0.05, 0.1) is 5.69 Å². The molecule has 1 aliphatic heterocycles. The zero-order valence-corrected chi connectivity index (χ0v) is 13.1. The fraction of sp³-hybridized carbons (Fsp3) is 0.333. The van der Waals surface area contributed by atoms with Crippen molar-refractivity contribution in [3.05, 3.63) is 48.5 Å². The number of fused-ring (bicyclic) bond motifs is 1. The number of anilines is 1. The molecule has 0 spiro atoms. The van der Waals surface area contributed by atoms with Crippen LogP contribution < -0.4 is 4.90 Å². The monoisotopic (exact) mass is 310 g/mol. The van der Waals surface area contributed by atoms with E-state index in [0.717, 1.165) is 41.6 Å². The van der Waals surface area contributed by atoms with E-state index < -0.39 is 0 Å². The Hall–Kier alpha value is -2.43. The highest BCUT2D eigenvalue weighted by atomic mass is 19.1. The van der Waals surface area contributed by atoms with Crippen LogP contribution in [0.15, 0.2) is 42.7 Å². The molecule has 118 valence electrons. The number of nitrogens with zero attached hydrogens (tertiary/aromatic N) is 4. The van der Waals surface area contributed by atoms with E-state index in [1.807, 2.05) is 16.8 Å². The van der Waals surface area contributed by atoms with Crippen LogP contribution in [0.3, 0.4) is 0 Å². The van der Waals surface area contributed by atoms with Crippen molar-refractivity contribution in [1.82, 2.24) is 14.6 Å². The van der Waals surface area contributed by atoms with Gasteiger partial charge in [-0.1, -0.05) is 6.92 Å². The molecule has 1 aliphatic rings. The average molecular weight is 310 g/mol. The van der Waals surface area contributed by atoms with E-state index >= 15 is 0 Å². The summed E-state index contributed by atoms with van der Waals surface area (Å²) >= 11 is 0. The van der Waals surface area contributed by atoms with E-state index in [9.17, 15) is 4.39 Å². The van der Waals surface area contributed by atoms with Crippen LogP contribution in [0.1, 0.15) is 19.8 Å². The van der Waals surface area contributed by atoms with Crippen LogP contribution in [0.4, 0.5) is 10.2 Å². The van der Waals surface area contributed by atoms with Gasteiger partial charge in [-0.15, -0.1) is 0 Å². The summed E-state index contributed by atoms with van der Waals surface area (Å²) in [6.45, 7) is 4.37. The van der Waals surface area contributed by atoms with Crippen molar-refractivity contribution < 1.29 is 4.39 Å².